The fraction of sp³-hybridized carbons (Fsp3) is 0.917. The van der Waals surface area contributed by atoms with E-state index in [1.54, 1.807) is 0 Å². The largest absolute Gasteiger partial charge is 0.481 e. The number of carboxylic acid groups (broad SMARTS) is 1. The topological polar surface area (TPSA) is 98.7 Å². The quantitative estimate of drug-likeness (QED) is 0.133. The van der Waals surface area contributed by atoms with Crippen molar-refractivity contribution in [1.82, 2.24) is 10.6 Å². The summed E-state index contributed by atoms with van der Waals surface area (Å²) in [6.07, 6.45) is 18.7. The molecule has 0 saturated heterocycles. The number of rotatable bonds is 23. The molecule has 0 fully saturated rings. The number of carbonyl (C=O) groups excluding carboxylic acids is 1. The van der Waals surface area contributed by atoms with Gasteiger partial charge in [0.2, 0.25) is 5.91 Å². The number of aliphatic hydroxyl groups is 1. The zero-order chi connectivity index (χ0) is 22.3. The molecular weight excluding hydrogens is 380 g/mol. The summed E-state index contributed by atoms with van der Waals surface area (Å²) in [4.78, 5) is 22.2. The van der Waals surface area contributed by atoms with Gasteiger partial charge in [-0.1, -0.05) is 84.0 Å². The van der Waals surface area contributed by atoms with Crippen LogP contribution in [0.15, 0.2) is 0 Å². The third-order valence-corrected chi connectivity index (χ3v) is 5.46. The lowest BCUT2D eigenvalue weighted by Gasteiger charge is -2.11. The minimum Gasteiger partial charge on any atom is -0.481 e. The van der Waals surface area contributed by atoms with Crippen molar-refractivity contribution in [3.8, 4) is 0 Å². The number of hydrogen-bond acceptors (Lipinski definition) is 4. The maximum atomic E-state index is 11.8. The first-order chi connectivity index (χ1) is 14.6. The standard InChI is InChI=1S/C24H48N2O4/c1-2-25-22(27)19-17-21-26-23(28)18-15-13-11-9-7-5-3-4-6-8-10-12-14-16-20-24(29)30/h22,25,27H,2-21H2,1H3,(H,26,28)(H,29,30). The van der Waals surface area contributed by atoms with Gasteiger partial charge in [-0.2, -0.15) is 0 Å². The molecule has 0 saturated carbocycles. The van der Waals surface area contributed by atoms with Crippen molar-refractivity contribution in [2.24, 2.45) is 0 Å². The highest BCUT2D eigenvalue weighted by Gasteiger charge is 2.03. The molecule has 6 nitrogen and oxygen atoms in total. The van der Waals surface area contributed by atoms with Crippen molar-refractivity contribution >= 4 is 11.9 Å². The van der Waals surface area contributed by atoms with Gasteiger partial charge < -0.3 is 15.5 Å². The lowest BCUT2D eigenvalue weighted by atomic mass is 10.0. The second-order valence-electron chi connectivity index (χ2n) is 8.41. The molecule has 0 aromatic heterocycles. The molecule has 6 heteroatoms. The highest BCUT2D eigenvalue weighted by molar-refractivity contribution is 5.75. The van der Waals surface area contributed by atoms with Crippen molar-refractivity contribution in [2.45, 2.75) is 129 Å². The van der Waals surface area contributed by atoms with E-state index in [1.807, 2.05) is 6.92 Å². The summed E-state index contributed by atoms with van der Waals surface area (Å²) < 4.78 is 0. The van der Waals surface area contributed by atoms with Crippen LogP contribution in [0.1, 0.15) is 122 Å². The number of carboxylic acids is 1. The first-order valence-corrected chi connectivity index (χ1v) is 12.5. The maximum Gasteiger partial charge on any atom is 0.303 e. The molecule has 0 aromatic carbocycles. The van der Waals surface area contributed by atoms with Crippen LogP contribution in [-0.2, 0) is 9.59 Å². The lowest BCUT2D eigenvalue weighted by Crippen LogP contribution is -2.30. The molecule has 30 heavy (non-hydrogen) atoms. The van der Waals surface area contributed by atoms with E-state index in [1.165, 1.54) is 64.2 Å². The van der Waals surface area contributed by atoms with E-state index in [4.69, 9.17) is 5.11 Å². The SMILES string of the molecule is CCNC(O)CCCNC(=O)CCCCCCCCCCCCCCCCC(=O)O. The smallest absolute Gasteiger partial charge is 0.303 e. The van der Waals surface area contributed by atoms with Crippen molar-refractivity contribution in [2.75, 3.05) is 13.1 Å². The normalized spacial score (nSPS) is 12.1. The van der Waals surface area contributed by atoms with Crippen molar-refractivity contribution in [3.05, 3.63) is 0 Å². The second-order valence-corrected chi connectivity index (χ2v) is 8.41. The summed E-state index contributed by atoms with van der Waals surface area (Å²) in [6, 6.07) is 0. The number of nitrogens with one attached hydrogen (secondary N) is 2. The van der Waals surface area contributed by atoms with Crippen LogP contribution in [0.2, 0.25) is 0 Å². The Hall–Kier alpha value is -1.14. The predicted octanol–water partition coefficient (Wildman–Crippen LogP) is 5.14. The van der Waals surface area contributed by atoms with Crippen LogP contribution in [0.4, 0.5) is 0 Å². The van der Waals surface area contributed by atoms with Crippen LogP contribution in [0.5, 0.6) is 0 Å². The zero-order valence-corrected chi connectivity index (χ0v) is 19.4. The van der Waals surface area contributed by atoms with Gasteiger partial charge in [-0.25, -0.2) is 0 Å². The number of amides is 1. The number of aliphatic hydroxyl groups excluding tert-OH is 1. The Balaban J connectivity index is 3.18. The Bertz CT molecular complexity index is 405. The molecule has 0 aliphatic carbocycles. The van der Waals surface area contributed by atoms with Gasteiger partial charge in [0.15, 0.2) is 0 Å². The Morgan fingerprint density at radius 1 is 0.700 bits per heavy atom. The summed E-state index contributed by atoms with van der Waals surface area (Å²) in [5.74, 6) is -0.542. The molecule has 0 bridgehead atoms. The van der Waals surface area contributed by atoms with Gasteiger partial charge in [0.05, 0.1) is 0 Å². The molecule has 4 N–H and O–H groups in total. The second kappa shape index (κ2) is 22.5. The fourth-order valence-corrected chi connectivity index (χ4v) is 3.63. The van der Waals surface area contributed by atoms with Crippen molar-refractivity contribution in [1.29, 1.82) is 0 Å². The number of aliphatic carboxylic acids is 1. The molecule has 0 spiro atoms. The van der Waals surface area contributed by atoms with E-state index >= 15 is 0 Å². The van der Waals surface area contributed by atoms with Gasteiger partial charge >= 0.3 is 5.97 Å². The Labute approximate surface area is 184 Å². The van der Waals surface area contributed by atoms with Crippen LogP contribution >= 0.6 is 0 Å². The molecule has 0 aliphatic rings. The first kappa shape index (κ1) is 28.9. The molecule has 0 aromatic rings. The molecule has 178 valence electrons. The average molecular weight is 429 g/mol. The summed E-state index contributed by atoms with van der Waals surface area (Å²) in [5.41, 5.74) is 0. The zero-order valence-electron chi connectivity index (χ0n) is 19.4. The van der Waals surface area contributed by atoms with Gasteiger partial charge in [-0.3, -0.25) is 14.9 Å². The van der Waals surface area contributed by atoms with E-state index in [0.29, 0.717) is 25.8 Å². The minimum absolute atomic E-state index is 0.134. The molecule has 0 aliphatic heterocycles. The van der Waals surface area contributed by atoms with E-state index in [9.17, 15) is 14.7 Å². The highest BCUT2D eigenvalue weighted by Crippen LogP contribution is 2.13. The summed E-state index contributed by atoms with van der Waals surface area (Å²) >= 11 is 0. The first-order valence-electron chi connectivity index (χ1n) is 12.5. The van der Waals surface area contributed by atoms with Crippen LogP contribution in [0.25, 0.3) is 0 Å². The minimum atomic E-state index is -0.677. The van der Waals surface area contributed by atoms with E-state index in [0.717, 1.165) is 38.6 Å². The van der Waals surface area contributed by atoms with Crippen molar-refractivity contribution in [3.63, 3.8) is 0 Å². The highest BCUT2D eigenvalue weighted by atomic mass is 16.4. The third kappa shape index (κ3) is 23.1. The van der Waals surface area contributed by atoms with E-state index in [2.05, 4.69) is 10.6 Å². The number of unbranched alkanes of at least 4 members (excludes halogenated alkanes) is 13. The Morgan fingerprint density at radius 2 is 1.13 bits per heavy atom. The molecule has 0 radical (unpaired) electrons. The monoisotopic (exact) mass is 428 g/mol. The summed E-state index contributed by atoms with van der Waals surface area (Å²) in [7, 11) is 0. The summed E-state index contributed by atoms with van der Waals surface area (Å²) in [5, 5.41) is 24.0. The van der Waals surface area contributed by atoms with Crippen LogP contribution in [0, 0.1) is 0 Å². The fourth-order valence-electron chi connectivity index (χ4n) is 3.63. The summed E-state index contributed by atoms with van der Waals surface area (Å²) in [6.45, 7) is 3.36. The van der Waals surface area contributed by atoms with Crippen LogP contribution in [-0.4, -0.2) is 41.4 Å². The Kier molecular flexibility index (Phi) is 21.7. The molecule has 1 unspecified atom stereocenters. The van der Waals surface area contributed by atoms with E-state index in [-0.39, 0.29) is 5.91 Å². The van der Waals surface area contributed by atoms with Crippen LogP contribution in [0.3, 0.4) is 0 Å². The molecule has 1 atom stereocenters. The maximum absolute atomic E-state index is 11.8. The van der Waals surface area contributed by atoms with Gasteiger partial charge in [0.1, 0.15) is 6.23 Å². The van der Waals surface area contributed by atoms with Gasteiger partial charge in [-0.15, -0.1) is 0 Å². The lowest BCUT2D eigenvalue weighted by molar-refractivity contribution is -0.137. The van der Waals surface area contributed by atoms with Gasteiger partial charge in [0, 0.05) is 19.4 Å². The average Bonchev–Trinajstić information content (AvgIpc) is 2.71. The van der Waals surface area contributed by atoms with E-state index < -0.39 is 12.2 Å². The Morgan fingerprint density at radius 3 is 1.57 bits per heavy atom. The molecule has 1 amide bonds. The van der Waals surface area contributed by atoms with Gasteiger partial charge in [-0.05, 0) is 32.2 Å². The van der Waals surface area contributed by atoms with Gasteiger partial charge in [0.25, 0.3) is 0 Å². The predicted molar refractivity (Wildman–Crippen MR) is 123 cm³/mol. The molecule has 0 heterocycles. The van der Waals surface area contributed by atoms with Crippen LogP contribution < -0.4 is 10.6 Å². The molecular formula is C24H48N2O4. The third-order valence-electron chi connectivity index (χ3n) is 5.46. The molecule has 0 rings (SSSR count). The van der Waals surface area contributed by atoms with Crippen molar-refractivity contribution < 1.29 is 19.8 Å². The number of hydrogen-bond donors (Lipinski definition) is 4. The number of carbonyl (C=O) groups is 2.